The van der Waals surface area contributed by atoms with E-state index in [0.29, 0.717) is 11.1 Å². The van der Waals surface area contributed by atoms with Crippen molar-refractivity contribution in [1.82, 2.24) is 0 Å². The summed E-state index contributed by atoms with van der Waals surface area (Å²) in [6.45, 7) is 1.65. The van der Waals surface area contributed by atoms with Crippen LogP contribution in [-0.2, 0) is 6.42 Å². The molecule has 0 nitrogen and oxygen atoms in total. The molecule has 0 aliphatic carbocycles. The molecule has 0 aliphatic rings. The van der Waals surface area contributed by atoms with Gasteiger partial charge in [-0.15, -0.1) is 11.6 Å². The number of halogens is 4. The van der Waals surface area contributed by atoms with Crippen molar-refractivity contribution in [3.05, 3.63) is 70.5 Å². The van der Waals surface area contributed by atoms with Gasteiger partial charge in [0.2, 0.25) is 0 Å². The van der Waals surface area contributed by atoms with Crippen LogP contribution < -0.4 is 0 Å². The maximum atomic E-state index is 13.5. The van der Waals surface area contributed by atoms with E-state index in [9.17, 15) is 13.2 Å². The van der Waals surface area contributed by atoms with Gasteiger partial charge in [0.15, 0.2) is 11.6 Å². The molecule has 0 N–H and O–H groups in total. The summed E-state index contributed by atoms with van der Waals surface area (Å²) in [7, 11) is 0. The summed E-state index contributed by atoms with van der Waals surface area (Å²) in [6, 6.07) is 8.57. The fourth-order valence-corrected chi connectivity index (χ4v) is 2.12. The van der Waals surface area contributed by atoms with Crippen molar-refractivity contribution in [1.29, 1.82) is 0 Å². The Morgan fingerprint density at radius 1 is 1.05 bits per heavy atom. The van der Waals surface area contributed by atoms with Gasteiger partial charge in [-0.25, -0.2) is 13.2 Å². The van der Waals surface area contributed by atoms with Crippen LogP contribution in [0.3, 0.4) is 0 Å². The quantitative estimate of drug-likeness (QED) is 0.701. The van der Waals surface area contributed by atoms with Crippen LogP contribution in [0.25, 0.3) is 0 Å². The average Bonchev–Trinajstić information content (AvgIpc) is 2.38. The topological polar surface area (TPSA) is 0 Å². The van der Waals surface area contributed by atoms with Crippen molar-refractivity contribution in [3.8, 4) is 0 Å². The summed E-state index contributed by atoms with van der Waals surface area (Å²) in [4.78, 5) is 0. The van der Waals surface area contributed by atoms with Gasteiger partial charge >= 0.3 is 0 Å². The Morgan fingerprint density at radius 3 is 2.47 bits per heavy atom. The second-order valence-electron chi connectivity index (χ2n) is 4.39. The van der Waals surface area contributed by atoms with Gasteiger partial charge in [0.05, 0.1) is 5.38 Å². The van der Waals surface area contributed by atoms with Crippen molar-refractivity contribution >= 4 is 11.6 Å². The molecule has 0 fully saturated rings. The van der Waals surface area contributed by atoms with Crippen molar-refractivity contribution in [2.75, 3.05) is 0 Å². The third kappa shape index (κ3) is 3.10. The van der Waals surface area contributed by atoms with Crippen LogP contribution >= 0.6 is 11.6 Å². The van der Waals surface area contributed by atoms with Crippen LogP contribution in [0.1, 0.15) is 22.1 Å². The number of hydrogen-bond acceptors (Lipinski definition) is 0. The van der Waals surface area contributed by atoms with Crippen molar-refractivity contribution in [2.45, 2.75) is 18.7 Å². The van der Waals surface area contributed by atoms with Crippen LogP contribution in [-0.4, -0.2) is 0 Å². The first-order valence-corrected chi connectivity index (χ1v) is 6.25. The Hall–Kier alpha value is -1.48. The molecule has 0 bridgehead atoms. The van der Waals surface area contributed by atoms with E-state index in [4.69, 9.17) is 11.6 Å². The number of aryl methyl sites for hydroxylation is 1. The van der Waals surface area contributed by atoms with Gasteiger partial charge in [-0.1, -0.05) is 24.3 Å². The first kappa shape index (κ1) is 13.9. The molecule has 0 radical (unpaired) electrons. The molecule has 0 spiro atoms. The number of alkyl halides is 1. The van der Waals surface area contributed by atoms with E-state index < -0.39 is 17.0 Å². The fraction of sp³-hybridized carbons (Fsp3) is 0.200. The predicted molar refractivity (Wildman–Crippen MR) is 69.8 cm³/mol. The largest absolute Gasteiger partial charge is 0.207 e. The third-order valence-corrected chi connectivity index (χ3v) is 3.39. The first-order chi connectivity index (χ1) is 8.99. The highest BCUT2D eigenvalue weighted by Crippen LogP contribution is 2.27. The van der Waals surface area contributed by atoms with E-state index in [2.05, 4.69) is 0 Å². The lowest BCUT2D eigenvalue weighted by Crippen LogP contribution is -2.01. The van der Waals surface area contributed by atoms with E-state index >= 15 is 0 Å². The molecule has 0 saturated heterocycles. The molecular formula is C15H12ClF3. The van der Waals surface area contributed by atoms with E-state index in [0.717, 1.165) is 6.07 Å². The van der Waals surface area contributed by atoms with Crippen LogP contribution in [0.4, 0.5) is 13.2 Å². The van der Waals surface area contributed by atoms with E-state index in [1.807, 2.05) is 0 Å². The zero-order valence-corrected chi connectivity index (χ0v) is 11.0. The lowest BCUT2D eigenvalue weighted by atomic mass is 10.0. The summed E-state index contributed by atoms with van der Waals surface area (Å²) >= 11 is 6.13. The standard InChI is InChI=1S/C15H12ClF3/c1-9-5-6-10(8-14(9)18)12(16)7-11-3-2-4-13(17)15(11)19/h2-6,8,12H,7H2,1H3. The number of rotatable bonds is 3. The summed E-state index contributed by atoms with van der Waals surface area (Å²) in [5, 5.41) is -0.605. The molecule has 1 unspecified atom stereocenters. The summed E-state index contributed by atoms with van der Waals surface area (Å²) < 4.78 is 40.0. The Labute approximate surface area is 114 Å². The molecule has 2 aromatic rings. The second kappa shape index (κ2) is 5.66. The van der Waals surface area contributed by atoms with E-state index in [1.165, 1.54) is 18.2 Å². The molecule has 100 valence electrons. The van der Waals surface area contributed by atoms with Gasteiger partial charge in [0, 0.05) is 0 Å². The minimum atomic E-state index is -0.906. The molecule has 19 heavy (non-hydrogen) atoms. The highest BCUT2D eigenvalue weighted by Gasteiger charge is 2.15. The Kier molecular flexibility index (Phi) is 4.15. The molecule has 4 heteroatoms. The van der Waals surface area contributed by atoms with Gasteiger partial charge in [0.1, 0.15) is 5.82 Å². The van der Waals surface area contributed by atoms with Crippen molar-refractivity contribution in [3.63, 3.8) is 0 Å². The molecule has 0 aromatic heterocycles. The van der Waals surface area contributed by atoms with Gasteiger partial charge in [-0.2, -0.15) is 0 Å². The molecule has 0 saturated carbocycles. The predicted octanol–water partition coefficient (Wildman–Crippen LogP) is 4.93. The van der Waals surface area contributed by atoms with Crippen LogP contribution in [0.2, 0.25) is 0 Å². The fourth-order valence-electron chi connectivity index (χ4n) is 1.82. The lowest BCUT2D eigenvalue weighted by molar-refractivity contribution is 0.498. The molecule has 0 aliphatic heterocycles. The highest BCUT2D eigenvalue weighted by atomic mass is 35.5. The molecule has 1 atom stereocenters. The van der Waals surface area contributed by atoms with Gasteiger partial charge in [-0.05, 0) is 42.2 Å². The van der Waals surface area contributed by atoms with Gasteiger partial charge in [0.25, 0.3) is 0 Å². The summed E-state index contributed by atoms with van der Waals surface area (Å²) in [6.07, 6.45) is 0.105. The van der Waals surface area contributed by atoms with Gasteiger partial charge in [-0.3, -0.25) is 0 Å². The monoisotopic (exact) mass is 284 g/mol. The van der Waals surface area contributed by atoms with E-state index in [-0.39, 0.29) is 17.8 Å². The Morgan fingerprint density at radius 2 is 1.79 bits per heavy atom. The maximum absolute atomic E-state index is 13.5. The molecule has 2 rings (SSSR count). The minimum Gasteiger partial charge on any atom is -0.207 e. The molecule has 2 aromatic carbocycles. The van der Waals surface area contributed by atoms with Gasteiger partial charge < -0.3 is 0 Å². The zero-order valence-electron chi connectivity index (χ0n) is 10.3. The van der Waals surface area contributed by atoms with Crippen LogP contribution in [0.15, 0.2) is 36.4 Å². The van der Waals surface area contributed by atoms with E-state index in [1.54, 1.807) is 19.1 Å². The second-order valence-corrected chi connectivity index (χ2v) is 4.92. The number of benzene rings is 2. The summed E-state index contributed by atoms with van der Waals surface area (Å²) in [5.74, 6) is -2.17. The van der Waals surface area contributed by atoms with Crippen LogP contribution in [0.5, 0.6) is 0 Å². The Bertz CT molecular complexity index is 596. The third-order valence-electron chi connectivity index (χ3n) is 2.99. The SMILES string of the molecule is Cc1ccc(C(Cl)Cc2cccc(F)c2F)cc1F. The normalized spacial score (nSPS) is 12.5. The number of hydrogen-bond donors (Lipinski definition) is 0. The summed E-state index contributed by atoms with van der Waals surface area (Å²) in [5.41, 5.74) is 1.25. The lowest BCUT2D eigenvalue weighted by Gasteiger charge is -2.11. The minimum absolute atomic E-state index is 0.105. The van der Waals surface area contributed by atoms with Crippen molar-refractivity contribution < 1.29 is 13.2 Å². The molecule has 0 amide bonds. The van der Waals surface area contributed by atoms with Crippen LogP contribution in [0, 0.1) is 24.4 Å². The molecular weight excluding hydrogens is 273 g/mol. The zero-order chi connectivity index (χ0) is 14.0. The van der Waals surface area contributed by atoms with Crippen molar-refractivity contribution in [2.24, 2.45) is 0 Å². The Balaban J connectivity index is 2.23. The first-order valence-electron chi connectivity index (χ1n) is 5.82. The maximum Gasteiger partial charge on any atom is 0.162 e. The average molecular weight is 285 g/mol. The smallest absolute Gasteiger partial charge is 0.162 e. The highest BCUT2D eigenvalue weighted by molar-refractivity contribution is 6.20. The molecule has 0 heterocycles.